The lowest BCUT2D eigenvalue weighted by Crippen LogP contribution is -2.32. The van der Waals surface area contributed by atoms with Crippen LogP contribution in [-0.4, -0.2) is 16.7 Å². The fraction of sp³-hybridized carbons (Fsp3) is 0.185. The average molecular weight is 429 g/mol. The van der Waals surface area contributed by atoms with Crippen LogP contribution in [0.4, 0.5) is 10.1 Å². The standard InChI is InChI=1S/C27H25FN2O2/c1-4-19-8-12-22(13-9-19)29-25-24(23-14-5-17(2)15-18(23)3)26(31)30(27(25)32)16-20-6-10-21(28)11-7-20/h5-15,29H,4,16H2,1-3H3. The van der Waals surface area contributed by atoms with Crippen LogP contribution in [0.5, 0.6) is 0 Å². The lowest BCUT2D eigenvalue weighted by molar-refractivity contribution is -0.137. The molecule has 1 aliphatic heterocycles. The van der Waals surface area contributed by atoms with Gasteiger partial charge in [0, 0.05) is 5.69 Å². The summed E-state index contributed by atoms with van der Waals surface area (Å²) in [6.07, 6.45) is 0.916. The fourth-order valence-electron chi connectivity index (χ4n) is 3.92. The third kappa shape index (κ3) is 4.19. The van der Waals surface area contributed by atoms with E-state index in [9.17, 15) is 14.0 Å². The zero-order valence-electron chi connectivity index (χ0n) is 18.4. The van der Waals surface area contributed by atoms with Gasteiger partial charge in [-0.3, -0.25) is 14.5 Å². The lowest BCUT2D eigenvalue weighted by atomic mass is 9.97. The summed E-state index contributed by atoms with van der Waals surface area (Å²) in [6.45, 7) is 6.08. The van der Waals surface area contributed by atoms with Crippen molar-refractivity contribution in [3.8, 4) is 0 Å². The van der Waals surface area contributed by atoms with Crippen molar-refractivity contribution in [1.82, 2.24) is 4.90 Å². The summed E-state index contributed by atoms with van der Waals surface area (Å²) in [5.74, 6) is -1.12. The molecule has 0 radical (unpaired) electrons. The van der Waals surface area contributed by atoms with Crippen molar-refractivity contribution >= 4 is 23.1 Å². The number of halogens is 1. The highest BCUT2D eigenvalue weighted by Crippen LogP contribution is 2.33. The molecule has 0 unspecified atom stereocenters. The van der Waals surface area contributed by atoms with E-state index in [2.05, 4.69) is 12.2 Å². The van der Waals surface area contributed by atoms with Gasteiger partial charge in [0.15, 0.2) is 0 Å². The molecule has 0 bridgehead atoms. The quantitative estimate of drug-likeness (QED) is 0.535. The number of amides is 2. The highest BCUT2D eigenvalue weighted by atomic mass is 19.1. The molecule has 5 heteroatoms. The first-order valence-corrected chi connectivity index (χ1v) is 10.7. The van der Waals surface area contributed by atoms with E-state index in [1.54, 1.807) is 12.1 Å². The Morgan fingerprint density at radius 1 is 0.844 bits per heavy atom. The van der Waals surface area contributed by atoms with E-state index >= 15 is 0 Å². The highest BCUT2D eigenvalue weighted by Gasteiger charge is 2.39. The molecule has 4 rings (SSSR count). The molecule has 0 fully saturated rings. The second kappa shape index (κ2) is 8.79. The molecule has 0 spiro atoms. The lowest BCUT2D eigenvalue weighted by Gasteiger charge is -2.15. The maximum absolute atomic E-state index is 13.5. The first-order valence-electron chi connectivity index (χ1n) is 10.7. The van der Waals surface area contributed by atoms with E-state index in [4.69, 9.17) is 0 Å². The van der Waals surface area contributed by atoms with Crippen LogP contribution in [0.1, 0.15) is 34.7 Å². The molecule has 0 aromatic heterocycles. The van der Waals surface area contributed by atoms with Crippen LogP contribution >= 0.6 is 0 Å². The Balaban J connectivity index is 1.75. The normalized spacial score (nSPS) is 13.8. The van der Waals surface area contributed by atoms with Crippen LogP contribution in [0.2, 0.25) is 0 Å². The summed E-state index contributed by atoms with van der Waals surface area (Å²) >= 11 is 0. The van der Waals surface area contributed by atoms with Gasteiger partial charge in [-0.1, -0.05) is 55.0 Å². The van der Waals surface area contributed by atoms with Gasteiger partial charge in [-0.2, -0.15) is 0 Å². The third-order valence-electron chi connectivity index (χ3n) is 5.70. The Kier molecular flexibility index (Phi) is 5.91. The Morgan fingerprint density at radius 3 is 2.12 bits per heavy atom. The molecule has 0 saturated carbocycles. The molecule has 32 heavy (non-hydrogen) atoms. The van der Waals surface area contributed by atoms with Crippen molar-refractivity contribution in [2.75, 3.05) is 5.32 Å². The number of carbonyl (C=O) groups excluding carboxylic acids is 2. The molecule has 162 valence electrons. The van der Waals surface area contributed by atoms with E-state index in [0.29, 0.717) is 11.1 Å². The molecule has 1 N–H and O–H groups in total. The monoisotopic (exact) mass is 428 g/mol. The number of hydrogen-bond acceptors (Lipinski definition) is 3. The molecule has 1 aliphatic rings. The van der Waals surface area contributed by atoms with Crippen molar-refractivity contribution < 1.29 is 14.0 Å². The first kappa shape index (κ1) is 21.5. The third-order valence-corrected chi connectivity index (χ3v) is 5.70. The Morgan fingerprint density at radius 2 is 1.50 bits per heavy atom. The smallest absolute Gasteiger partial charge is 0.278 e. The van der Waals surface area contributed by atoms with Crippen molar-refractivity contribution in [3.63, 3.8) is 0 Å². The van der Waals surface area contributed by atoms with Crippen LogP contribution in [0.25, 0.3) is 5.57 Å². The average Bonchev–Trinajstić information content (AvgIpc) is 3.00. The van der Waals surface area contributed by atoms with Crippen LogP contribution < -0.4 is 5.32 Å². The second-order valence-corrected chi connectivity index (χ2v) is 8.07. The fourth-order valence-corrected chi connectivity index (χ4v) is 3.92. The van der Waals surface area contributed by atoms with E-state index in [-0.39, 0.29) is 24.0 Å². The zero-order valence-corrected chi connectivity index (χ0v) is 18.4. The van der Waals surface area contributed by atoms with Crippen LogP contribution in [0, 0.1) is 19.7 Å². The summed E-state index contributed by atoms with van der Waals surface area (Å²) in [4.78, 5) is 28.1. The van der Waals surface area contributed by atoms with Gasteiger partial charge < -0.3 is 5.32 Å². The number of carbonyl (C=O) groups is 2. The van der Waals surface area contributed by atoms with Crippen LogP contribution in [-0.2, 0) is 22.6 Å². The summed E-state index contributed by atoms with van der Waals surface area (Å²) < 4.78 is 13.3. The van der Waals surface area contributed by atoms with Crippen molar-refractivity contribution in [2.45, 2.75) is 33.7 Å². The minimum atomic E-state index is -0.395. The maximum Gasteiger partial charge on any atom is 0.278 e. The zero-order chi connectivity index (χ0) is 22.8. The van der Waals surface area contributed by atoms with Crippen molar-refractivity contribution in [3.05, 3.63) is 106 Å². The molecule has 0 atom stereocenters. The summed E-state index contributed by atoms with van der Waals surface area (Å²) in [5, 5.41) is 3.20. The van der Waals surface area contributed by atoms with E-state index in [1.165, 1.54) is 22.6 Å². The number of anilines is 1. The Labute approximate surface area is 187 Å². The van der Waals surface area contributed by atoms with Crippen LogP contribution in [0.15, 0.2) is 72.4 Å². The summed E-state index contributed by atoms with van der Waals surface area (Å²) in [5.41, 5.74) is 5.95. The van der Waals surface area contributed by atoms with Crippen LogP contribution in [0.3, 0.4) is 0 Å². The topological polar surface area (TPSA) is 49.4 Å². The van der Waals surface area contributed by atoms with E-state index in [1.807, 2.05) is 56.3 Å². The van der Waals surface area contributed by atoms with Gasteiger partial charge in [0.25, 0.3) is 11.8 Å². The molecular formula is C27H25FN2O2. The number of benzene rings is 3. The molecule has 3 aromatic carbocycles. The Hall–Kier alpha value is -3.73. The van der Waals surface area contributed by atoms with Gasteiger partial charge in [-0.15, -0.1) is 0 Å². The SMILES string of the molecule is CCc1ccc(NC2=C(c3ccc(C)cc3C)C(=O)N(Cc3ccc(F)cc3)C2=O)cc1. The van der Waals surface area contributed by atoms with Gasteiger partial charge in [-0.25, -0.2) is 4.39 Å². The van der Waals surface area contributed by atoms with E-state index in [0.717, 1.165) is 28.8 Å². The van der Waals surface area contributed by atoms with Gasteiger partial charge in [0.05, 0.1) is 12.1 Å². The maximum atomic E-state index is 13.5. The molecule has 3 aromatic rings. The largest absolute Gasteiger partial charge is 0.350 e. The van der Waals surface area contributed by atoms with Gasteiger partial charge in [0.2, 0.25) is 0 Å². The second-order valence-electron chi connectivity index (χ2n) is 8.07. The Bertz CT molecular complexity index is 1210. The summed E-state index contributed by atoms with van der Waals surface area (Å²) in [7, 11) is 0. The predicted octanol–water partition coefficient (Wildman–Crippen LogP) is 5.40. The number of nitrogens with zero attached hydrogens (tertiary/aromatic N) is 1. The molecule has 4 nitrogen and oxygen atoms in total. The molecular weight excluding hydrogens is 403 g/mol. The minimum Gasteiger partial charge on any atom is -0.350 e. The van der Waals surface area contributed by atoms with Crippen molar-refractivity contribution in [2.24, 2.45) is 0 Å². The molecule has 1 heterocycles. The number of aryl methyl sites for hydroxylation is 3. The number of hydrogen-bond donors (Lipinski definition) is 1. The number of nitrogens with one attached hydrogen (secondary N) is 1. The summed E-state index contributed by atoms with van der Waals surface area (Å²) in [6, 6.07) is 19.4. The number of imide groups is 1. The van der Waals surface area contributed by atoms with E-state index < -0.39 is 5.91 Å². The van der Waals surface area contributed by atoms with Gasteiger partial charge >= 0.3 is 0 Å². The molecule has 2 amide bonds. The van der Waals surface area contributed by atoms with Gasteiger partial charge in [0.1, 0.15) is 11.5 Å². The first-order chi connectivity index (χ1) is 15.4. The minimum absolute atomic E-state index is 0.0757. The number of rotatable bonds is 6. The van der Waals surface area contributed by atoms with Crippen molar-refractivity contribution in [1.29, 1.82) is 0 Å². The molecule has 0 saturated heterocycles. The predicted molar refractivity (Wildman–Crippen MR) is 124 cm³/mol. The molecule has 0 aliphatic carbocycles. The van der Waals surface area contributed by atoms with Gasteiger partial charge in [-0.05, 0) is 66.8 Å². The highest BCUT2D eigenvalue weighted by molar-refractivity contribution is 6.36.